The number of unbranched alkanes of at least 4 members (excludes halogenated alkanes) is 4. The zero-order chi connectivity index (χ0) is 30.4. The Balaban J connectivity index is 2.27. The minimum absolute atomic E-state index is 0.223. The van der Waals surface area contributed by atoms with Gasteiger partial charge in [0, 0.05) is 66.4 Å². The molecule has 0 aliphatic carbocycles. The summed E-state index contributed by atoms with van der Waals surface area (Å²) in [6.07, 6.45) is 10.5. The monoisotopic (exact) mass is 564 g/mol. The first kappa shape index (κ1) is 34.5. The van der Waals surface area contributed by atoms with Crippen molar-refractivity contribution < 1.29 is 28.7 Å². The number of rotatable bonds is 14. The molecule has 0 bridgehead atoms. The van der Waals surface area contributed by atoms with E-state index in [9.17, 15) is 9.59 Å². The summed E-state index contributed by atoms with van der Waals surface area (Å²) in [7, 11) is 0. The van der Waals surface area contributed by atoms with Crippen LogP contribution in [0.25, 0.3) is 0 Å². The van der Waals surface area contributed by atoms with E-state index in [1.54, 1.807) is 0 Å². The fourth-order valence-corrected chi connectivity index (χ4v) is 6.78. The van der Waals surface area contributed by atoms with Gasteiger partial charge in [-0.25, -0.2) is 9.59 Å². The highest BCUT2D eigenvalue weighted by Gasteiger charge is 2.51. The smallest absolute Gasteiger partial charge is 0.330 e. The van der Waals surface area contributed by atoms with Gasteiger partial charge < -0.3 is 9.47 Å². The lowest BCUT2D eigenvalue weighted by Gasteiger charge is -2.56. The predicted molar refractivity (Wildman–Crippen MR) is 158 cm³/mol. The number of carbonyl (C=O) groups excluding carboxylic acids is 2. The number of ether oxygens (including phenoxy) is 2. The first-order valence-corrected chi connectivity index (χ1v) is 15.1. The second-order valence-electron chi connectivity index (χ2n) is 14.0. The minimum atomic E-state index is -0.502. The SMILES string of the molecule is C=CC(=O)OC1CC(C)(C)N(OC(CCCCCCC)ON2C(C)(C)CC(OC(=O)C=C)CC2(C)C)C(C)(C)C1. The van der Waals surface area contributed by atoms with Gasteiger partial charge in [0.2, 0.25) is 0 Å². The van der Waals surface area contributed by atoms with E-state index in [4.69, 9.17) is 19.1 Å². The van der Waals surface area contributed by atoms with Crippen LogP contribution in [-0.2, 0) is 28.7 Å². The van der Waals surface area contributed by atoms with Crippen molar-refractivity contribution in [3.63, 3.8) is 0 Å². The molecule has 8 heteroatoms. The molecule has 0 unspecified atom stereocenters. The zero-order valence-electron chi connectivity index (χ0n) is 26.7. The molecule has 8 nitrogen and oxygen atoms in total. The summed E-state index contributed by atoms with van der Waals surface area (Å²) in [5.41, 5.74) is -1.63. The molecule has 0 aromatic heterocycles. The standard InChI is InChI=1S/C32H56N2O6/c1-12-15-16-17-18-19-28(39-33-29(4,5)20-24(21-30(33,6)7)37-26(35)13-2)40-34-31(8,9)22-25(23-32(34,10)11)38-27(36)14-3/h13-14,24-25,28H,2-3,12,15-23H2,1,4-11H3. The van der Waals surface area contributed by atoms with E-state index in [-0.39, 0.29) is 12.2 Å². The van der Waals surface area contributed by atoms with Gasteiger partial charge in [-0.05, 0) is 61.8 Å². The van der Waals surface area contributed by atoms with E-state index in [2.05, 4.69) is 85.6 Å². The molecule has 2 aliphatic heterocycles. The van der Waals surface area contributed by atoms with Crippen molar-refractivity contribution in [1.29, 1.82) is 0 Å². The summed E-state index contributed by atoms with van der Waals surface area (Å²) < 4.78 is 11.3. The van der Waals surface area contributed by atoms with E-state index in [1.807, 2.05) is 0 Å². The molecule has 2 heterocycles. The van der Waals surface area contributed by atoms with Gasteiger partial charge in [-0.3, -0.25) is 9.68 Å². The van der Waals surface area contributed by atoms with Gasteiger partial charge in [-0.2, -0.15) is 10.1 Å². The second kappa shape index (κ2) is 14.0. The third kappa shape index (κ3) is 9.40. The van der Waals surface area contributed by atoms with Crippen molar-refractivity contribution in [2.24, 2.45) is 0 Å². The van der Waals surface area contributed by atoms with Crippen LogP contribution in [0.15, 0.2) is 25.3 Å². The third-order valence-electron chi connectivity index (χ3n) is 8.00. The van der Waals surface area contributed by atoms with Gasteiger partial charge in [-0.15, -0.1) is 0 Å². The Morgan fingerprint density at radius 2 is 1.05 bits per heavy atom. The molecule has 0 atom stereocenters. The predicted octanol–water partition coefficient (Wildman–Crippen LogP) is 7.04. The third-order valence-corrected chi connectivity index (χ3v) is 8.00. The van der Waals surface area contributed by atoms with Gasteiger partial charge in [0.1, 0.15) is 12.2 Å². The van der Waals surface area contributed by atoms with Crippen molar-refractivity contribution in [2.45, 2.75) is 167 Å². The molecule has 0 spiro atoms. The molecule has 2 rings (SSSR count). The Labute approximate surface area is 243 Å². The molecule has 2 aliphatic rings. The highest BCUT2D eigenvalue weighted by atomic mass is 16.9. The van der Waals surface area contributed by atoms with Crippen LogP contribution in [0.2, 0.25) is 0 Å². The van der Waals surface area contributed by atoms with Crippen LogP contribution in [0.3, 0.4) is 0 Å². The van der Waals surface area contributed by atoms with Crippen molar-refractivity contribution in [3.05, 3.63) is 25.3 Å². The highest BCUT2D eigenvalue weighted by molar-refractivity contribution is 5.81. The quantitative estimate of drug-likeness (QED) is 0.0962. The topological polar surface area (TPSA) is 77.5 Å². The van der Waals surface area contributed by atoms with Gasteiger partial charge in [-0.1, -0.05) is 45.8 Å². The summed E-state index contributed by atoms with van der Waals surface area (Å²) in [6.45, 7) is 26.3. The van der Waals surface area contributed by atoms with Crippen molar-refractivity contribution in [2.75, 3.05) is 0 Å². The van der Waals surface area contributed by atoms with Crippen LogP contribution in [0, 0.1) is 0 Å². The number of hydroxylamine groups is 4. The fraction of sp³-hybridized carbons (Fsp3) is 0.812. The number of nitrogens with zero attached hydrogens (tertiary/aromatic N) is 2. The Hall–Kier alpha value is -1.74. The summed E-state index contributed by atoms with van der Waals surface area (Å²) >= 11 is 0. The molecule has 0 aromatic rings. The summed E-state index contributed by atoms with van der Waals surface area (Å²) in [6, 6.07) is 0. The van der Waals surface area contributed by atoms with Crippen LogP contribution in [0.5, 0.6) is 0 Å². The van der Waals surface area contributed by atoms with Gasteiger partial charge in [0.25, 0.3) is 0 Å². The highest BCUT2D eigenvalue weighted by Crippen LogP contribution is 2.43. The fourth-order valence-electron chi connectivity index (χ4n) is 6.78. The average molecular weight is 565 g/mol. The largest absolute Gasteiger partial charge is 0.459 e. The van der Waals surface area contributed by atoms with E-state index in [0.717, 1.165) is 19.3 Å². The minimum Gasteiger partial charge on any atom is -0.459 e. The molecular weight excluding hydrogens is 508 g/mol. The van der Waals surface area contributed by atoms with Crippen molar-refractivity contribution >= 4 is 11.9 Å². The number of hydrogen-bond acceptors (Lipinski definition) is 8. The molecule has 230 valence electrons. The molecule has 0 N–H and O–H groups in total. The Kier molecular flexibility index (Phi) is 12.0. The number of piperidine rings is 2. The lowest BCUT2D eigenvalue weighted by molar-refractivity contribution is -0.427. The van der Waals surface area contributed by atoms with Crippen LogP contribution >= 0.6 is 0 Å². The molecule has 0 radical (unpaired) electrons. The molecule has 0 amide bonds. The van der Waals surface area contributed by atoms with E-state index in [0.29, 0.717) is 25.7 Å². The van der Waals surface area contributed by atoms with E-state index in [1.165, 1.54) is 31.4 Å². The lowest BCUT2D eigenvalue weighted by atomic mass is 9.80. The maximum atomic E-state index is 12.0. The molecule has 0 saturated carbocycles. The second-order valence-corrected chi connectivity index (χ2v) is 14.0. The number of esters is 2. The normalized spacial score (nSPS) is 23.1. The first-order chi connectivity index (χ1) is 18.5. The first-order valence-electron chi connectivity index (χ1n) is 15.1. The van der Waals surface area contributed by atoms with Crippen molar-refractivity contribution in [1.82, 2.24) is 10.1 Å². The Bertz CT molecular complexity index is 781. The summed E-state index contributed by atoms with van der Waals surface area (Å²) in [4.78, 5) is 37.5. The van der Waals surface area contributed by atoms with Crippen LogP contribution in [0.4, 0.5) is 0 Å². The molecule has 0 aromatic carbocycles. The zero-order valence-corrected chi connectivity index (χ0v) is 26.7. The summed E-state index contributed by atoms with van der Waals surface area (Å²) in [5, 5.41) is 4.13. The van der Waals surface area contributed by atoms with Crippen LogP contribution in [0.1, 0.15) is 127 Å². The molecule has 2 fully saturated rings. The van der Waals surface area contributed by atoms with Gasteiger partial charge >= 0.3 is 11.9 Å². The van der Waals surface area contributed by atoms with Crippen LogP contribution in [-0.4, -0.2) is 62.7 Å². The molecule has 2 saturated heterocycles. The van der Waals surface area contributed by atoms with Crippen LogP contribution < -0.4 is 0 Å². The lowest BCUT2D eigenvalue weighted by Crippen LogP contribution is -2.65. The summed E-state index contributed by atoms with van der Waals surface area (Å²) in [5.74, 6) is -0.795. The van der Waals surface area contributed by atoms with Gasteiger partial charge in [0.15, 0.2) is 6.29 Å². The van der Waals surface area contributed by atoms with E-state index < -0.39 is 40.4 Å². The van der Waals surface area contributed by atoms with Gasteiger partial charge in [0.05, 0.1) is 0 Å². The van der Waals surface area contributed by atoms with Crippen molar-refractivity contribution in [3.8, 4) is 0 Å². The molecule has 40 heavy (non-hydrogen) atoms. The maximum absolute atomic E-state index is 12.0. The Morgan fingerprint density at radius 3 is 1.38 bits per heavy atom. The maximum Gasteiger partial charge on any atom is 0.330 e. The van der Waals surface area contributed by atoms with E-state index >= 15 is 0 Å². The average Bonchev–Trinajstić information content (AvgIpc) is 2.81. The number of carbonyl (C=O) groups is 2. The Morgan fingerprint density at radius 1 is 0.700 bits per heavy atom. The molecular formula is C32H56N2O6. The number of hydrogen-bond donors (Lipinski definition) is 0.